The van der Waals surface area contributed by atoms with Crippen LogP contribution in [-0.4, -0.2) is 23.1 Å². The average Bonchev–Trinajstić information content (AvgIpc) is 1.80. The lowest BCUT2D eigenvalue weighted by Crippen LogP contribution is -1.79. The Hall–Kier alpha value is 0.716. The molecule has 52 valence electrons. The summed E-state index contributed by atoms with van der Waals surface area (Å²) in [5.41, 5.74) is 2.71. The van der Waals surface area contributed by atoms with Crippen LogP contribution in [0.3, 0.4) is 0 Å². The molecular formula is C8H11IMg. The third-order valence-corrected chi connectivity index (χ3v) is 2.52. The van der Waals surface area contributed by atoms with Gasteiger partial charge < -0.3 is 0 Å². The van der Waals surface area contributed by atoms with Gasteiger partial charge in [-0.3, -0.25) is 0 Å². The van der Waals surface area contributed by atoms with Crippen molar-refractivity contribution < 1.29 is 0 Å². The van der Waals surface area contributed by atoms with Crippen molar-refractivity contribution in [1.29, 1.82) is 0 Å². The Labute approximate surface area is 91.7 Å². The Morgan fingerprint density at radius 2 is 1.80 bits per heavy atom. The average molecular weight is 258 g/mol. The highest BCUT2D eigenvalue weighted by Crippen LogP contribution is 2.11. The van der Waals surface area contributed by atoms with E-state index >= 15 is 0 Å². The van der Waals surface area contributed by atoms with E-state index in [2.05, 4.69) is 54.6 Å². The van der Waals surface area contributed by atoms with Gasteiger partial charge in [0.05, 0.1) is 0 Å². The summed E-state index contributed by atoms with van der Waals surface area (Å²) < 4.78 is 1.35. The zero-order valence-corrected chi connectivity index (χ0v) is 7.77. The highest BCUT2D eigenvalue weighted by atomic mass is 127. The lowest BCUT2D eigenvalue weighted by atomic mass is 10.2. The molecule has 0 unspecified atom stereocenters. The van der Waals surface area contributed by atoms with Crippen LogP contribution < -0.4 is 0 Å². The van der Waals surface area contributed by atoms with Crippen molar-refractivity contribution in [2.24, 2.45) is 0 Å². The summed E-state index contributed by atoms with van der Waals surface area (Å²) in [7, 11) is 0. The van der Waals surface area contributed by atoms with Crippen LogP contribution in [0.15, 0.2) is 18.2 Å². The minimum atomic E-state index is 0. The molecule has 0 nitrogen and oxygen atoms in total. The van der Waals surface area contributed by atoms with E-state index in [0.29, 0.717) is 0 Å². The van der Waals surface area contributed by atoms with E-state index in [9.17, 15) is 0 Å². The molecule has 0 saturated heterocycles. The Balaban J connectivity index is 0.000000810. The van der Waals surface area contributed by atoms with Gasteiger partial charge >= 0.3 is 23.1 Å². The Bertz CT molecular complexity index is 220. The number of hydrogen-bond acceptors (Lipinski definition) is 0. The normalized spacial score (nSPS) is 8.70. The van der Waals surface area contributed by atoms with Gasteiger partial charge in [-0.25, -0.2) is 0 Å². The largest absolute Gasteiger partial charge is 0.316 e. The smallest absolute Gasteiger partial charge is 0.0583 e. The summed E-state index contributed by atoms with van der Waals surface area (Å²) in [5, 5.41) is 0. The molecule has 0 saturated carbocycles. The Morgan fingerprint density at radius 1 is 1.20 bits per heavy atom. The van der Waals surface area contributed by atoms with Gasteiger partial charge in [-0.1, -0.05) is 17.7 Å². The molecule has 0 aromatic heterocycles. The number of rotatable bonds is 0. The zero-order valence-electron chi connectivity index (χ0n) is 5.61. The van der Waals surface area contributed by atoms with Crippen LogP contribution in [0.4, 0.5) is 0 Å². The first-order valence-electron chi connectivity index (χ1n) is 2.93. The van der Waals surface area contributed by atoms with E-state index in [0.717, 1.165) is 0 Å². The van der Waals surface area contributed by atoms with E-state index in [1.54, 1.807) is 0 Å². The maximum atomic E-state index is 2.34. The first kappa shape index (κ1) is 10.7. The maximum Gasteiger partial charge on any atom is 0.316 e. The van der Waals surface area contributed by atoms with Gasteiger partial charge in [-0.05, 0) is 48.1 Å². The number of benzene rings is 1. The molecule has 0 spiro atoms. The maximum absolute atomic E-state index is 2.34. The molecule has 0 aliphatic carbocycles. The zero-order chi connectivity index (χ0) is 6.85. The SMILES string of the molecule is Cc1ccc(I)c(C)c1.[MgH2]. The minimum absolute atomic E-state index is 0. The molecule has 1 aromatic carbocycles. The first-order chi connectivity index (χ1) is 4.20. The predicted octanol–water partition coefficient (Wildman–Crippen LogP) is 1.99. The molecule has 0 radical (unpaired) electrons. The summed E-state index contributed by atoms with van der Waals surface area (Å²) in [6, 6.07) is 6.47. The van der Waals surface area contributed by atoms with Gasteiger partial charge in [-0.15, -0.1) is 0 Å². The summed E-state index contributed by atoms with van der Waals surface area (Å²) in [6.07, 6.45) is 0. The van der Waals surface area contributed by atoms with E-state index < -0.39 is 0 Å². The topological polar surface area (TPSA) is 0 Å². The summed E-state index contributed by atoms with van der Waals surface area (Å²) in [4.78, 5) is 0. The standard InChI is InChI=1S/C8H9I.Mg.2H/c1-6-3-4-8(9)7(2)5-6;;;/h3-5H,1-2H3;;;. The third-order valence-electron chi connectivity index (χ3n) is 1.31. The molecule has 0 amide bonds. The van der Waals surface area contributed by atoms with Gasteiger partial charge in [0.2, 0.25) is 0 Å². The second kappa shape index (κ2) is 4.56. The number of aryl methyl sites for hydroxylation is 2. The fraction of sp³-hybridized carbons (Fsp3) is 0.250. The Morgan fingerprint density at radius 3 is 2.20 bits per heavy atom. The van der Waals surface area contributed by atoms with E-state index in [1.807, 2.05) is 0 Å². The molecule has 0 aliphatic heterocycles. The van der Waals surface area contributed by atoms with Gasteiger partial charge in [0.1, 0.15) is 0 Å². The van der Waals surface area contributed by atoms with Crippen LogP contribution >= 0.6 is 22.6 Å². The van der Waals surface area contributed by atoms with Crippen molar-refractivity contribution in [2.75, 3.05) is 0 Å². The number of halogens is 1. The quantitative estimate of drug-likeness (QED) is 0.493. The molecule has 10 heavy (non-hydrogen) atoms. The molecule has 0 N–H and O–H groups in total. The van der Waals surface area contributed by atoms with Crippen LogP contribution in [0.5, 0.6) is 0 Å². The molecule has 1 aromatic rings. The molecule has 0 aliphatic rings. The number of hydrogen-bond donors (Lipinski definition) is 0. The van der Waals surface area contributed by atoms with Crippen molar-refractivity contribution >= 4 is 45.6 Å². The van der Waals surface area contributed by atoms with E-state index in [1.165, 1.54) is 14.7 Å². The molecule has 0 atom stereocenters. The van der Waals surface area contributed by atoms with Gasteiger partial charge in [0.15, 0.2) is 0 Å². The van der Waals surface area contributed by atoms with Crippen molar-refractivity contribution in [3.63, 3.8) is 0 Å². The van der Waals surface area contributed by atoms with Crippen LogP contribution in [0.25, 0.3) is 0 Å². The molecule has 1 rings (SSSR count). The van der Waals surface area contributed by atoms with Gasteiger partial charge in [0.25, 0.3) is 0 Å². The predicted molar refractivity (Wildman–Crippen MR) is 57.2 cm³/mol. The minimum Gasteiger partial charge on any atom is -0.0583 e. The van der Waals surface area contributed by atoms with Crippen LogP contribution in [0.2, 0.25) is 0 Å². The fourth-order valence-electron chi connectivity index (χ4n) is 0.795. The van der Waals surface area contributed by atoms with Crippen molar-refractivity contribution in [1.82, 2.24) is 0 Å². The molecule has 0 heterocycles. The summed E-state index contributed by atoms with van der Waals surface area (Å²) >= 11 is 2.34. The lowest BCUT2D eigenvalue weighted by molar-refractivity contribution is 1.36. The molecule has 0 fully saturated rings. The van der Waals surface area contributed by atoms with Gasteiger partial charge in [-0.2, -0.15) is 0 Å². The highest BCUT2D eigenvalue weighted by molar-refractivity contribution is 14.1. The van der Waals surface area contributed by atoms with Crippen molar-refractivity contribution in [3.05, 3.63) is 32.9 Å². The first-order valence-corrected chi connectivity index (χ1v) is 4.01. The van der Waals surface area contributed by atoms with Gasteiger partial charge in [0, 0.05) is 3.57 Å². The van der Waals surface area contributed by atoms with Crippen LogP contribution in [0.1, 0.15) is 11.1 Å². The van der Waals surface area contributed by atoms with Crippen molar-refractivity contribution in [3.8, 4) is 0 Å². The van der Waals surface area contributed by atoms with E-state index in [4.69, 9.17) is 0 Å². The molecule has 0 bridgehead atoms. The Kier molecular flexibility index (Phi) is 4.89. The fourth-order valence-corrected chi connectivity index (χ4v) is 1.13. The van der Waals surface area contributed by atoms with E-state index in [-0.39, 0.29) is 23.1 Å². The third kappa shape index (κ3) is 2.76. The summed E-state index contributed by atoms with van der Waals surface area (Å²) in [6.45, 7) is 4.25. The van der Waals surface area contributed by atoms with Crippen LogP contribution in [0, 0.1) is 17.4 Å². The summed E-state index contributed by atoms with van der Waals surface area (Å²) in [5.74, 6) is 0. The highest BCUT2D eigenvalue weighted by Gasteiger charge is 1.90. The monoisotopic (exact) mass is 258 g/mol. The second-order valence-corrected chi connectivity index (χ2v) is 3.41. The van der Waals surface area contributed by atoms with Crippen molar-refractivity contribution in [2.45, 2.75) is 13.8 Å². The molecule has 2 heteroatoms. The van der Waals surface area contributed by atoms with Crippen LogP contribution in [-0.2, 0) is 0 Å². The molecular weight excluding hydrogens is 247 g/mol. The lowest BCUT2D eigenvalue weighted by Gasteiger charge is -1.96. The second-order valence-electron chi connectivity index (χ2n) is 2.25.